The molecule has 0 bridgehead atoms. The van der Waals surface area contributed by atoms with E-state index >= 15 is 0 Å². The van der Waals surface area contributed by atoms with Crippen LogP contribution in [0, 0.1) is 0 Å². The van der Waals surface area contributed by atoms with Gasteiger partial charge in [-0.05, 0) is 34.7 Å². The number of nitrogens with one attached hydrogen (secondary N) is 2. The molecule has 0 saturated carbocycles. The van der Waals surface area contributed by atoms with Crippen molar-refractivity contribution in [3.05, 3.63) is 96.2 Å². The third-order valence-electron chi connectivity index (χ3n) is 5.48. The molecule has 0 saturated heterocycles. The summed E-state index contributed by atoms with van der Waals surface area (Å²) in [6.45, 7) is 0. The number of thiol groups is 1. The van der Waals surface area contributed by atoms with Crippen LogP contribution in [-0.4, -0.2) is 29.0 Å². The zero-order valence-electron chi connectivity index (χ0n) is 17.4. The van der Waals surface area contributed by atoms with Gasteiger partial charge in [-0.3, -0.25) is 0 Å². The zero-order valence-corrected chi connectivity index (χ0v) is 18.3. The van der Waals surface area contributed by atoms with Gasteiger partial charge in [0.15, 0.2) is 0 Å². The molecule has 0 aliphatic heterocycles. The minimum Gasteiger partial charge on any atom is -0.369 e. The van der Waals surface area contributed by atoms with Crippen molar-refractivity contribution in [1.82, 2.24) is 10.5 Å². The maximum absolute atomic E-state index is 12.7. The van der Waals surface area contributed by atoms with E-state index < -0.39 is 17.9 Å². The molecule has 0 fully saturated rings. The van der Waals surface area contributed by atoms with E-state index in [4.69, 9.17) is 4.84 Å². The predicted octanol–water partition coefficient (Wildman–Crippen LogP) is 4.71. The number of aldehydes is 1. The van der Waals surface area contributed by atoms with Gasteiger partial charge in [-0.15, -0.1) is 5.48 Å². The van der Waals surface area contributed by atoms with Gasteiger partial charge in [0.2, 0.25) is 0 Å². The standard InChI is InChI=1S/C26H24N2O3S/c29-16-22(14-21-15-27-25-9-5-4-8-23(21)25)28-31-26(30)24(17-32)20-12-10-19(11-13-20)18-6-2-1-3-7-18/h1-13,15-16,22,24,27-28,32H,14,17H2/t22-,24?/m0/s1. The minimum atomic E-state index is -0.654. The molecule has 1 aromatic heterocycles. The predicted molar refractivity (Wildman–Crippen MR) is 130 cm³/mol. The maximum atomic E-state index is 12.7. The molecular formula is C26H24N2O3S. The Balaban J connectivity index is 1.39. The van der Waals surface area contributed by atoms with E-state index in [2.05, 4.69) is 23.1 Å². The monoisotopic (exact) mass is 444 g/mol. The van der Waals surface area contributed by atoms with Gasteiger partial charge in [0.05, 0.1) is 5.92 Å². The lowest BCUT2D eigenvalue weighted by molar-refractivity contribution is -0.154. The molecule has 2 N–H and O–H groups in total. The lowest BCUT2D eigenvalue weighted by Gasteiger charge is -2.17. The highest BCUT2D eigenvalue weighted by atomic mass is 32.1. The number of rotatable bonds is 9. The molecule has 0 aliphatic rings. The Bertz CT molecular complexity index is 1190. The summed E-state index contributed by atoms with van der Waals surface area (Å²) < 4.78 is 0. The van der Waals surface area contributed by atoms with E-state index in [-0.39, 0.29) is 0 Å². The van der Waals surface area contributed by atoms with Crippen LogP contribution in [0.2, 0.25) is 0 Å². The Hall–Kier alpha value is -3.35. The smallest absolute Gasteiger partial charge is 0.332 e. The summed E-state index contributed by atoms with van der Waals surface area (Å²) in [7, 11) is 0. The van der Waals surface area contributed by atoms with E-state index in [1.54, 1.807) is 0 Å². The molecule has 4 aromatic rings. The van der Waals surface area contributed by atoms with E-state index in [9.17, 15) is 9.59 Å². The third-order valence-corrected chi connectivity index (χ3v) is 5.84. The van der Waals surface area contributed by atoms with Gasteiger partial charge in [0.1, 0.15) is 12.3 Å². The van der Waals surface area contributed by atoms with Gasteiger partial charge < -0.3 is 14.6 Å². The van der Waals surface area contributed by atoms with Crippen LogP contribution in [0.25, 0.3) is 22.0 Å². The van der Waals surface area contributed by atoms with Gasteiger partial charge in [-0.1, -0.05) is 72.8 Å². The van der Waals surface area contributed by atoms with Crippen LogP contribution in [0.3, 0.4) is 0 Å². The second kappa shape index (κ2) is 10.3. The van der Waals surface area contributed by atoms with Crippen LogP contribution in [0.15, 0.2) is 85.1 Å². The summed E-state index contributed by atoms with van der Waals surface area (Å²) in [6, 6.07) is 25.0. The average Bonchev–Trinajstić information content (AvgIpc) is 3.26. The quantitative estimate of drug-likeness (QED) is 0.199. The molecule has 32 heavy (non-hydrogen) atoms. The molecule has 3 aromatic carbocycles. The number of carbonyl (C=O) groups excluding carboxylic acids is 2. The van der Waals surface area contributed by atoms with Crippen molar-refractivity contribution in [2.75, 3.05) is 5.75 Å². The highest BCUT2D eigenvalue weighted by molar-refractivity contribution is 7.80. The Morgan fingerprint density at radius 1 is 0.969 bits per heavy atom. The highest BCUT2D eigenvalue weighted by Crippen LogP contribution is 2.24. The van der Waals surface area contributed by atoms with Crippen molar-refractivity contribution in [2.24, 2.45) is 0 Å². The first-order chi connectivity index (χ1) is 15.7. The lowest BCUT2D eigenvalue weighted by atomic mass is 9.97. The van der Waals surface area contributed by atoms with Crippen molar-refractivity contribution < 1.29 is 14.4 Å². The maximum Gasteiger partial charge on any atom is 0.332 e. The van der Waals surface area contributed by atoms with Crippen molar-refractivity contribution in [1.29, 1.82) is 0 Å². The van der Waals surface area contributed by atoms with E-state index in [0.29, 0.717) is 12.2 Å². The Morgan fingerprint density at radius 2 is 1.66 bits per heavy atom. The number of aromatic amines is 1. The second-order valence-corrected chi connectivity index (χ2v) is 7.93. The second-order valence-electron chi connectivity index (χ2n) is 7.57. The average molecular weight is 445 g/mol. The number of hydrogen-bond acceptors (Lipinski definition) is 5. The van der Waals surface area contributed by atoms with Crippen LogP contribution >= 0.6 is 12.6 Å². The molecular weight excluding hydrogens is 420 g/mol. The molecule has 4 rings (SSSR count). The fourth-order valence-corrected chi connectivity index (χ4v) is 4.07. The summed E-state index contributed by atoms with van der Waals surface area (Å²) in [6.07, 6.45) is 3.02. The van der Waals surface area contributed by atoms with Gasteiger partial charge in [0.25, 0.3) is 0 Å². The van der Waals surface area contributed by atoms with E-state index in [1.165, 1.54) is 0 Å². The number of benzene rings is 3. The molecule has 162 valence electrons. The Labute approximate surface area is 192 Å². The van der Waals surface area contributed by atoms with Crippen LogP contribution in [0.1, 0.15) is 17.0 Å². The van der Waals surface area contributed by atoms with Crippen molar-refractivity contribution in [3.8, 4) is 11.1 Å². The molecule has 0 radical (unpaired) electrons. The fraction of sp³-hybridized carbons (Fsp3) is 0.154. The Kier molecular flexibility index (Phi) is 7.04. The fourth-order valence-electron chi connectivity index (χ4n) is 3.71. The van der Waals surface area contributed by atoms with E-state index in [0.717, 1.165) is 39.4 Å². The molecule has 0 aliphatic carbocycles. The Morgan fingerprint density at radius 3 is 2.38 bits per heavy atom. The highest BCUT2D eigenvalue weighted by Gasteiger charge is 2.23. The summed E-state index contributed by atoms with van der Waals surface area (Å²) in [5.74, 6) is -0.728. The minimum absolute atomic E-state index is 0.291. The number of para-hydroxylation sites is 1. The number of H-pyrrole nitrogens is 1. The van der Waals surface area contributed by atoms with Crippen LogP contribution in [0.4, 0.5) is 0 Å². The summed E-state index contributed by atoms with van der Waals surface area (Å²) in [4.78, 5) is 32.8. The topological polar surface area (TPSA) is 71.2 Å². The van der Waals surface area contributed by atoms with Crippen LogP contribution in [0.5, 0.6) is 0 Å². The number of hydroxylamine groups is 1. The SMILES string of the molecule is O=C[C@H](Cc1c[nH]c2ccccc12)NOC(=O)C(CS)c1ccc(-c2ccccc2)cc1. The number of carbonyl (C=O) groups is 2. The summed E-state index contributed by atoms with van der Waals surface area (Å²) >= 11 is 4.34. The first-order valence-electron chi connectivity index (χ1n) is 10.4. The molecule has 2 atom stereocenters. The number of hydrogen-bond donors (Lipinski definition) is 3. The third kappa shape index (κ3) is 4.93. The molecule has 5 nitrogen and oxygen atoms in total. The normalized spacial score (nSPS) is 12.9. The first kappa shape index (κ1) is 21.9. The molecule has 1 heterocycles. The van der Waals surface area contributed by atoms with E-state index in [1.807, 2.05) is 85.1 Å². The van der Waals surface area contributed by atoms with Gasteiger partial charge in [-0.25, -0.2) is 4.79 Å². The number of aromatic nitrogens is 1. The summed E-state index contributed by atoms with van der Waals surface area (Å²) in [5.41, 5.74) is 7.59. The van der Waals surface area contributed by atoms with Gasteiger partial charge in [-0.2, -0.15) is 12.6 Å². The van der Waals surface area contributed by atoms with Crippen molar-refractivity contribution in [2.45, 2.75) is 18.4 Å². The lowest BCUT2D eigenvalue weighted by Crippen LogP contribution is -2.36. The van der Waals surface area contributed by atoms with Crippen LogP contribution < -0.4 is 5.48 Å². The molecule has 0 amide bonds. The number of fused-ring (bicyclic) bond motifs is 1. The van der Waals surface area contributed by atoms with Crippen LogP contribution in [-0.2, 0) is 20.8 Å². The summed E-state index contributed by atoms with van der Waals surface area (Å²) in [5, 5.41) is 1.04. The zero-order chi connectivity index (χ0) is 22.3. The molecule has 1 unspecified atom stereocenters. The largest absolute Gasteiger partial charge is 0.369 e. The first-order valence-corrected chi connectivity index (χ1v) is 11.1. The van der Waals surface area contributed by atoms with Gasteiger partial charge in [0, 0.05) is 22.9 Å². The molecule has 0 spiro atoms. The molecule has 6 heteroatoms. The van der Waals surface area contributed by atoms with Gasteiger partial charge >= 0.3 is 5.97 Å². The van der Waals surface area contributed by atoms with Crippen molar-refractivity contribution >= 4 is 35.8 Å². The van der Waals surface area contributed by atoms with Crippen molar-refractivity contribution in [3.63, 3.8) is 0 Å².